The SMILES string of the molecule is CCCCC(CC)COCCOC(=O)C(CC)CCCC. The molecule has 0 aromatic heterocycles. The van der Waals surface area contributed by atoms with E-state index in [1.165, 1.54) is 19.3 Å². The Morgan fingerprint density at radius 2 is 1.57 bits per heavy atom. The van der Waals surface area contributed by atoms with Crippen molar-refractivity contribution in [2.45, 2.75) is 79.1 Å². The van der Waals surface area contributed by atoms with Crippen molar-refractivity contribution in [3.8, 4) is 0 Å². The van der Waals surface area contributed by atoms with Crippen molar-refractivity contribution < 1.29 is 14.3 Å². The van der Waals surface area contributed by atoms with E-state index in [-0.39, 0.29) is 11.9 Å². The molecule has 0 N–H and O–H groups in total. The average Bonchev–Trinajstić information content (AvgIpc) is 2.50. The standard InChI is InChI=1S/C18H36O3/c1-5-9-11-16(7-3)15-20-13-14-21-18(19)17(8-4)12-10-6-2/h16-17H,5-15H2,1-4H3. The third kappa shape index (κ3) is 10.8. The van der Waals surface area contributed by atoms with Gasteiger partial charge in [-0.25, -0.2) is 0 Å². The molecule has 3 heteroatoms. The van der Waals surface area contributed by atoms with E-state index in [9.17, 15) is 4.79 Å². The van der Waals surface area contributed by atoms with Crippen LogP contribution in [0, 0.1) is 11.8 Å². The lowest BCUT2D eigenvalue weighted by Crippen LogP contribution is -2.20. The number of unbranched alkanes of at least 4 members (excludes halogenated alkanes) is 2. The van der Waals surface area contributed by atoms with Crippen LogP contribution in [-0.2, 0) is 14.3 Å². The van der Waals surface area contributed by atoms with Crippen LogP contribution in [0.2, 0.25) is 0 Å². The number of hydrogen-bond acceptors (Lipinski definition) is 3. The summed E-state index contributed by atoms with van der Waals surface area (Å²) >= 11 is 0. The Balaban J connectivity index is 3.70. The summed E-state index contributed by atoms with van der Waals surface area (Å²) in [6, 6.07) is 0. The Bertz CT molecular complexity index is 241. The minimum atomic E-state index is -0.0485. The molecule has 0 amide bonds. The predicted octanol–water partition coefficient (Wildman–Crippen LogP) is 4.98. The molecule has 3 nitrogen and oxygen atoms in total. The molecule has 0 bridgehead atoms. The molecule has 126 valence electrons. The van der Waals surface area contributed by atoms with Gasteiger partial charge in [-0.2, -0.15) is 0 Å². The van der Waals surface area contributed by atoms with Crippen LogP contribution in [0.1, 0.15) is 79.1 Å². The molecular formula is C18H36O3. The van der Waals surface area contributed by atoms with E-state index in [0.717, 1.165) is 38.7 Å². The fourth-order valence-electron chi connectivity index (χ4n) is 2.41. The van der Waals surface area contributed by atoms with Gasteiger partial charge in [-0.3, -0.25) is 4.79 Å². The molecule has 2 atom stereocenters. The van der Waals surface area contributed by atoms with Gasteiger partial charge in [-0.1, -0.05) is 59.8 Å². The molecule has 0 aromatic carbocycles. The molecule has 0 spiro atoms. The summed E-state index contributed by atoms with van der Waals surface area (Å²) in [5.41, 5.74) is 0. The molecule has 0 rings (SSSR count). The quantitative estimate of drug-likeness (QED) is 0.335. The van der Waals surface area contributed by atoms with E-state index in [4.69, 9.17) is 9.47 Å². The fraction of sp³-hybridized carbons (Fsp3) is 0.944. The van der Waals surface area contributed by atoms with Gasteiger partial charge < -0.3 is 9.47 Å². The summed E-state index contributed by atoms with van der Waals surface area (Å²) in [5, 5.41) is 0. The lowest BCUT2D eigenvalue weighted by atomic mass is 10.00. The number of carbonyl (C=O) groups is 1. The second-order valence-electron chi connectivity index (χ2n) is 5.91. The summed E-state index contributed by atoms with van der Waals surface area (Å²) in [4.78, 5) is 11.9. The molecule has 0 saturated heterocycles. The largest absolute Gasteiger partial charge is 0.463 e. The maximum absolute atomic E-state index is 11.9. The van der Waals surface area contributed by atoms with Crippen molar-refractivity contribution in [3.05, 3.63) is 0 Å². The van der Waals surface area contributed by atoms with Crippen LogP contribution < -0.4 is 0 Å². The molecule has 0 radical (unpaired) electrons. The molecular weight excluding hydrogens is 264 g/mol. The van der Waals surface area contributed by atoms with E-state index in [0.29, 0.717) is 19.1 Å². The van der Waals surface area contributed by atoms with Gasteiger partial charge in [-0.15, -0.1) is 0 Å². The van der Waals surface area contributed by atoms with Crippen LogP contribution in [0.5, 0.6) is 0 Å². The highest BCUT2D eigenvalue weighted by molar-refractivity contribution is 5.72. The van der Waals surface area contributed by atoms with Gasteiger partial charge >= 0.3 is 5.97 Å². The monoisotopic (exact) mass is 300 g/mol. The first-order valence-electron chi connectivity index (χ1n) is 8.93. The van der Waals surface area contributed by atoms with Crippen molar-refractivity contribution in [3.63, 3.8) is 0 Å². The topological polar surface area (TPSA) is 35.5 Å². The number of ether oxygens (including phenoxy) is 2. The van der Waals surface area contributed by atoms with E-state index < -0.39 is 0 Å². The van der Waals surface area contributed by atoms with Crippen LogP contribution in [0.15, 0.2) is 0 Å². The minimum absolute atomic E-state index is 0.0485. The molecule has 0 saturated carbocycles. The zero-order chi connectivity index (χ0) is 15.9. The van der Waals surface area contributed by atoms with Gasteiger partial charge in [0.1, 0.15) is 6.61 Å². The van der Waals surface area contributed by atoms with Crippen LogP contribution in [0.4, 0.5) is 0 Å². The molecule has 0 heterocycles. The Hall–Kier alpha value is -0.570. The number of carbonyl (C=O) groups excluding carboxylic acids is 1. The summed E-state index contributed by atoms with van der Waals surface area (Å²) in [7, 11) is 0. The molecule has 0 fully saturated rings. The van der Waals surface area contributed by atoms with Crippen LogP contribution in [0.25, 0.3) is 0 Å². The maximum Gasteiger partial charge on any atom is 0.308 e. The second kappa shape index (κ2) is 14.4. The minimum Gasteiger partial charge on any atom is -0.463 e. The summed E-state index contributed by atoms with van der Waals surface area (Å²) < 4.78 is 11.0. The van der Waals surface area contributed by atoms with Crippen LogP contribution in [-0.4, -0.2) is 25.8 Å². The first-order valence-corrected chi connectivity index (χ1v) is 8.93. The Morgan fingerprint density at radius 3 is 2.14 bits per heavy atom. The normalized spacial score (nSPS) is 13.9. The summed E-state index contributed by atoms with van der Waals surface area (Å²) in [6.07, 6.45) is 8.95. The highest BCUT2D eigenvalue weighted by Gasteiger charge is 2.17. The van der Waals surface area contributed by atoms with Crippen molar-refractivity contribution in [1.29, 1.82) is 0 Å². The third-order valence-electron chi connectivity index (χ3n) is 4.10. The second-order valence-corrected chi connectivity index (χ2v) is 5.91. The number of hydrogen-bond donors (Lipinski definition) is 0. The number of rotatable bonds is 14. The van der Waals surface area contributed by atoms with Crippen LogP contribution in [0.3, 0.4) is 0 Å². The smallest absolute Gasteiger partial charge is 0.308 e. The van der Waals surface area contributed by atoms with Gasteiger partial charge in [0.25, 0.3) is 0 Å². The fourth-order valence-corrected chi connectivity index (χ4v) is 2.41. The maximum atomic E-state index is 11.9. The van der Waals surface area contributed by atoms with E-state index in [1.807, 2.05) is 0 Å². The van der Waals surface area contributed by atoms with Crippen molar-refractivity contribution in [2.75, 3.05) is 19.8 Å². The zero-order valence-corrected chi connectivity index (χ0v) is 14.7. The molecule has 2 unspecified atom stereocenters. The molecule has 0 aromatic rings. The van der Waals surface area contributed by atoms with Crippen molar-refractivity contribution in [2.24, 2.45) is 11.8 Å². The Morgan fingerprint density at radius 1 is 0.905 bits per heavy atom. The van der Waals surface area contributed by atoms with Gasteiger partial charge in [0, 0.05) is 6.61 Å². The average molecular weight is 300 g/mol. The molecule has 21 heavy (non-hydrogen) atoms. The van der Waals surface area contributed by atoms with E-state index in [1.54, 1.807) is 0 Å². The third-order valence-corrected chi connectivity index (χ3v) is 4.10. The highest BCUT2D eigenvalue weighted by Crippen LogP contribution is 2.15. The molecule has 0 aliphatic rings. The number of esters is 1. The predicted molar refractivity (Wildman–Crippen MR) is 88.4 cm³/mol. The summed E-state index contributed by atoms with van der Waals surface area (Å²) in [6.45, 7) is 10.3. The van der Waals surface area contributed by atoms with Crippen molar-refractivity contribution >= 4 is 5.97 Å². The van der Waals surface area contributed by atoms with Crippen molar-refractivity contribution in [1.82, 2.24) is 0 Å². The highest BCUT2D eigenvalue weighted by atomic mass is 16.6. The lowest BCUT2D eigenvalue weighted by Gasteiger charge is -2.16. The van der Waals surface area contributed by atoms with E-state index >= 15 is 0 Å². The van der Waals surface area contributed by atoms with E-state index in [2.05, 4.69) is 27.7 Å². The zero-order valence-electron chi connectivity index (χ0n) is 14.7. The van der Waals surface area contributed by atoms with Gasteiger partial charge in [0.2, 0.25) is 0 Å². The lowest BCUT2D eigenvalue weighted by molar-refractivity contribution is -0.150. The summed E-state index contributed by atoms with van der Waals surface area (Å²) in [5.74, 6) is 0.666. The molecule has 0 aliphatic heterocycles. The Kier molecular flexibility index (Phi) is 14.0. The van der Waals surface area contributed by atoms with Crippen LogP contribution >= 0.6 is 0 Å². The van der Waals surface area contributed by atoms with Gasteiger partial charge in [-0.05, 0) is 25.2 Å². The Labute approximate surface area is 131 Å². The van der Waals surface area contributed by atoms with Gasteiger partial charge in [0.15, 0.2) is 0 Å². The van der Waals surface area contributed by atoms with Gasteiger partial charge in [0.05, 0.1) is 12.5 Å². The first-order chi connectivity index (χ1) is 10.2. The first kappa shape index (κ1) is 20.4. The molecule has 0 aliphatic carbocycles.